The maximum absolute atomic E-state index is 11.7. The number of aromatic nitrogens is 2. The van der Waals surface area contributed by atoms with E-state index in [2.05, 4.69) is 36.8 Å². The molecule has 0 aliphatic rings. The second-order valence-electron chi connectivity index (χ2n) is 3.80. The molecular formula is C12H11BrN4O2S2. The maximum atomic E-state index is 11.7. The summed E-state index contributed by atoms with van der Waals surface area (Å²) in [6.07, 6.45) is 0. The summed E-state index contributed by atoms with van der Waals surface area (Å²) in [5, 5.41) is 12.8. The number of halogens is 1. The number of hydrogen-bond donors (Lipinski definition) is 2. The van der Waals surface area contributed by atoms with Crippen LogP contribution in [0, 0.1) is 0 Å². The number of hydrogen-bond acceptors (Lipinski definition) is 6. The van der Waals surface area contributed by atoms with E-state index in [9.17, 15) is 9.59 Å². The first kappa shape index (κ1) is 15.9. The fraction of sp³-hybridized carbons (Fsp3) is 0.167. The average Bonchev–Trinajstić information content (AvgIpc) is 2.99. The Bertz CT molecular complexity index is 621. The first-order valence-electron chi connectivity index (χ1n) is 5.85. The summed E-state index contributed by atoms with van der Waals surface area (Å²) in [4.78, 5) is 23.3. The molecule has 0 aliphatic carbocycles. The smallest absolute Gasteiger partial charge is 0.243 e. The number of anilines is 1. The summed E-state index contributed by atoms with van der Waals surface area (Å²) < 4.78 is 1.51. The van der Waals surface area contributed by atoms with Crippen LogP contribution in [0.15, 0.2) is 38.6 Å². The summed E-state index contributed by atoms with van der Waals surface area (Å²) in [5.41, 5.74) is 2.27. The molecule has 1 aromatic heterocycles. The summed E-state index contributed by atoms with van der Waals surface area (Å²) in [5.74, 6) is -0.300. The Labute approximate surface area is 137 Å². The molecule has 2 rings (SSSR count). The molecule has 2 aromatic rings. The fourth-order valence-corrected chi connectivity index (χ4v) is 3.04. The molecule has 0 saturated carbocycles. The number of thioether (sulfide) groups is 1. The third-order valence-electron chi connectivity index (χ3n) is 2.26. The molecule has 0 spiro atoms. The van der Waals surface area contributed by atoms with Crippen molar-refractivity contribution in [3.8, 4) is 0 Å². The number of amides is 2. The van der Waals surface area contributed by atoms with Gasteiger partial charge < -0.3 is 10.6 Å². The van der Waals surface area contributed by atoms with Gasteiger partial charge in [0.25, 0.3) is 0 Å². The molecule has 9 heteroatoms. The van der Waals surface area contributed by atoms with Gasteiger partial charge >= 0.3 is 0 Å². The van der Waals surface area contributed by atoms with Gasteiger partial charge in [-0.25, -0.2) is 0 Å². The molecule has 0 radical (unpaired) electrons. The van der Waals surface area contributed by atoms with Crippen molar-refractivity contribution in [2.75, 3.05) is 17.6 Å². The van der Waals surface area contributed by atoms with Crippen LogP contribution in [0.1, 0.15) is 0 Å². The number of rotatable bonds is 6. The highest BCUT2D eigenvalue weighted by molar-refractivity contribution is 9.10. The summed E-state index contributed by atoms with van der Waals surface area (Å²) in [6.45, 7) is -0.0726. The first-order chi connectivity index (χ1) is 10.1. The van der Waals surface area contributed by atoms with Crippen molar-refractivity contribution in [2.24, 2.45) is 0 Å². The number of nitrogens with one attached hydrogen (secondary N) is 2. The van der Waals surface area contributed by atoms with E-state index in [1.165, 1.54) is 23.1 Å². The molecule has 0 saturated heterocycles. The molecule has 6 nitrogen and oxygen atoms in total. The third-order valence-corrected chi connectivity index (χ3v) is 4.81. The van der Waals surface area contributed by atoms with E-state index in [0.717, 1.165) is 8.81 Å². The van der Waals surface area contributed by atoms with Gasteiger partial charge in [-0.3, -0.25) is 9.59 Å². The highest BCUT2D eigenvalue weighted by Gasteiger charge is 2.08. The molecule has 2 N–H and O–H groups in total. The quantitative estimate of drug-likeness (QED) is 0.743. The topological polar surface area (TPSA) is 84.0 Å². The predicted octanol–water partition coefficient (Wildman–Crippen LogP) is 2.15. The SMILES string of the molecule is O=C(CSc1nncs1)NCC(=O)Nc1ccccc1Br. The van der Waals surface area contributed by atoms with Crippen LogP contribution in [0.3, 0.4) is 0 Å². The second-order valence-corrected chi connectivity index (χ2v) is 6.71. The molecule has 0 aliphatic heterocycles. The summed E-state index contributed by atoms with van der Waals surface area (Å²) >= 11 is 5.99. The van der Waals surface area contributed by atoms with Crippen molar-refractivity contribution >= 4 is 56.5 Å². The molecule has 0 fully saturated rings. The molecule has 0 bridgehead atoms. The van der Waals surface area contributed by atoms with Gasteiger partial charge in [-0.2, -0.15) is 0 Å². The van der Waals surface area contributed by atoms with Crippen LogP contribution in [-0.4, -0.2) is 34.3 Å². The molecule has 110 valence electrons. The molecule has 21 heavy (non-hydrogen) atoms. The predicted molar refractivity (Wildman–Crippen MR) is 86.4 cm³/mol. The first-order valence-corrected chi connectivity index (χ1v) is 8.51. The number of carbonyl (C=O) groups excluding carboxylic acids is 2. The minimum absolute atomic E-state index is 0.0726. The van der Waals surface area contributed by atoms with Gasteiger partial charge in [0.2, 0.25) is 11.8 Å². The highest BCUT2D eigenvalue weighted by Crippen LogP contribution is 2.21. The Morgan fingerprint density at radius 2 is 2.10 bits per heavy atom. The monoisotopic (exact) mass is 386 g/mol. The van der Waals surface area contributed by atoms with Crippen LogP contribution in [0.2, 0.25) is 0 Å². The fourth-order valence-electron chi connectivity index (χ4n) is 1.34. The lowest BCUT2D eigenvalue weighted by atomic mass is 10.3. The summed E-state index contributed by atoms with van der Waals surface area (Å²) in [7, 11) is 0. The normalized spacial score (nSPS) is 10.1. The number of benzene rings is 1. The Morgan fingerprint density at radius 1 is 1.29 bits per heavy atom. The molecular weight excluding hydrogens is 376 g/mol. The minimum atomic E-state index is -0.281. The molecule has 1 aromatic carbocycles. The van der Waals surface area contributed by atoms with Crippen LogP contribution in [0.5, 0.6) is 0 Å². The van der Waals surface area contributed by atoms with E-state index in [4.69, 9.17) is 0 Å². The van der Waals surface area contributed by atoms with Gasteiger partial charge in [-0.05, 0) is 28.1 Å². The van der Waals surface area contributed by atoms with Crippen molar-refractivity contribution in [3.05, 3.63) is 34.2 Å². The summed E-state index contributed by atoms with van der Waals surface area (Å²) in [6, 6.07) is 7.27. The van der Waals surface area contributed by atoms with Gasteiger partial charge in [0.15, 0.2) is 4.34 Å². The number of nitrogens with zero attached hydrogens (tertiary/aromatic N) is 2. The van der Waals surface area contributed by atoms with E-state index < -0.39 is 0 Å². The Balaban J connectivity index is 1.71. The van der Waals surface area contributed by atoms with Crippen molar-refractivity contribution in [3.63, 3.8) is 0 Å². The lowest BCUT2D eigenvalue weighted by molar-refractivity contribution is -0.122. The van der Waals surface area contributed by atoms with Gasteiger partial charge in [-0.1, -0.05) is 35.2 Å². The van der Waals surface area contributed by atoms with Crippen molar-refractivity contribution in [2.45, 2.75) is 4.34 Å². The van der Waals surface area contributed by atoms with E-state index in [1.54, 1.807) is 11.6 Å². The largest absolute Gasteiger partial charge is 0.346 e. The standard InChI is InChI=1S/C12H11BrN4O2S2/c13-8-3-1-2-4-9(8)16-10(18)5-14-11(19)6-20-12-17-15-7-21-12/h1-4,7H,5-6H2,(H,14,19)(H,16,18). The average molecular weight is 387 g/mol. The van der Waals surface area contributed by atoms with Gasteiger partial charge in [0.1, 0.15) is 5.51 Å². The maximum Gasteiger partial charge on any atom is 0.243 e. The van der Waals surface area contributed by atoms with Crippen molar-refractivity contribution < 1.29 is 9.59 Å². The van der Waals surface area contributed by atoms with Gasteiger partial charge in [-0.15, -0.1) is 10.2 Å². The van der Waals surface area contributed by atoms with Crippen LogP contribution >= 0.6 is 39.0 Å². The lowest BCUT2D eigenvalue weighted by Gasteiger charge is -2.08. The van der Waals surface area contributed by atoms with Gasteiger partial charge in [0, 0.05) is 4.47 Å². The van der Waals surface area contributed by atoms with Crippen molar-refractivity contribution in [1.29, 1.82) is 0 Å². The molecule has 1 heterocycles. The number of carbonyl (C=O) groups is 2. The zero-order valence-corrected chi connectivity index (χ0v) is 13.9. The van der Waals surface area contributed by atoms with Gasteiger partial charge in [0.05, 0.1) is 18.0 Å². The van der Waals surface area contributed by atoms with Crippen LogP contribution in [0.4, 0.5) is 5.69 Å². The highest BCUT2D eigenvalue weighted by atomic mass is 79.9. The van der Waals surface area contributed by atoms with Crippen LogP contribution < -0.4 is 10.6 Å². The van der Waals surface area contributed by atoms with Crippen LogP contribution in [-0.2, 0) is 9.59 Å². The Hall–Kier alpha value is -1.45. The lowest BCUT2D eigenvalue weighted by Crippen LogP contribution is -2.33. The minimum Gasteiger partial charge on any atom is -0.346 e. The van der Waals surface area contributed by atoms with E-state index >= 15 is 0 Å². The van der Waals surface area contributed by atoms with E-state index in [0.29, 0.717) is 5.69 Å². The Morgan fingerprint density at radius 3 is 2.81 bits per heavy atom. The van der Waals surface area contributed by atoms with E-state index in [-0.39, 0.29) is 24.1 Å². The molecule has 0 atom stereocenters. The molecule has 0 unspecified atom stereocenters. The van der Waals surface area contributed by atoms with Crippen LogP contribution in [0.25, 0.3) is 0 Å². The van der Waals surface area contributed by atoms with Crippen molar-refractivity contribution in [1.82, 2.24) is 15.5 Å². The third kappa shape index (κ3) is 5.44. The van der Waals surface area contributed by atoms with E-state index in [1.807, 2.05) is 18.2 Å². The second kappa shape index (κ2) is 8.11. The zero-order valence-electron chi connectivity index (χ0n) is 10.7. The number of para-hydroxylation sites is 1. The molecule has 2 amide bonds. The zero-order chi connectivity index (χ0) is 15.1. The Kier molecular flexibility index (Phi) is 6.15.